The number of aromatic nitrogens is 1. The van der Waals surface area contributed by atoms with Gasteiger partial charge in [-0.1, -0.05) is 42.8 Å². The molecule has 1 aromatic heterocycles. The molecule has 1 unspecified atom stereocenters. The molecular weight excluding hydrogens is 408 g/mol. The Balaban J connectivity index is 1.13. The minimum absolute atomic E-state index is 0.00868. The van der Waals surface area contributed by atoms with Crippen molar-refractivity contribution in [2.24, 2.45) is 10.9 Å². The summed E-state index contributed by atoms with van der Waals surface area (Å²) in [6.45, 7) is 1.17. The Labute approximate surface area is 187 Å². The first kappa shape index (κ1) is 21.2. The average Bonchev–Trinajstić information content (AvgIpc) is 3.19. The number of amides is 2. The molecule has 2 amide bonds. The summed E-state index contributed by atoms with van der Waals surface area (Å²) < 4.78 is 0. The highest BCUT2D eigenvalue weighted by Crippen LogP contribution is 2.20. The molecule has 6 nitrogen and oxygen atoms in total. The van der Waals surface area contributed by atoms with Gasteiger partial charge in [0.25, 0.3) is 0 Å². The zero-order valence-corrected chi connectivity index (χ0v) is 18.2. The third-order valence-electron chi connectivity index (χ3n) is 5.67. The monoisotopic (exact) mass is 434 g/mol. The molecular formula is C24H26N4O2S. The van der Waals surface area contributed by atoms with Crippen molar-refractivity contribution in [3.63, 3.8) is 0 Å². The van der Waals surface area contributed by atoms with Crippen LogP contribution in [0.5, 0.6) is 0 Å². The zero-order chi connectivity index (χ0) is 21.6. The topological polar surface area (TPSA) is 77.6 Å². The van der Waals surface area contributed by atoms with Gasteiger partial charge in [0.1, 0.15) is 0 Å². The van der Waals surface area contributed by atoms with Gasteiger partial charge in [0.05, 0.1) is 11.6 Å². The SMILES string of the molecule is O=C(CCCCCN1C(=O)C2C=CC=CC2=NC1=S)NCCc1c[nH]c2ccccc12. The van der Waals surface area contributed by atoms with E-state index in [0.717, 1.165) is 36.9 Å². The van der Waals surface area contributed by atoms with Crippen LogP contribution in [-0.4, -0.2) is 45.6 Å². The van der Waals surface area contributed by atoms with E-state index in [1.807, 2.05) is 42.6 Å². The Hall–Kier alpha value is -3.06. The molecule has 1 aliphatic heterocycles. The molecule has 2 heterocycles. The van der Waals surface area contributed by atoms with E-state index in [0.29, 0.717) is 24.6 Å². The number of aliphatic imine (C=N–C) groups is 1. The molecule has 160 valence electrons. The Morgan fingerprint density at radius 3 is 2.97 bits per heavy atom. The number of para-hydroxylation sites is 1. The lowest BCUT2D eigenvalue weighted by Gasteiger charge is -2.30. The number of nitrogens with zero attached hydrogens (tertiary/aromatic N) is 2. The highest BCUT2D eigenvalue weighted by molar-refractivity contribution is 7.80. The molecule has 2 aliphatic rings. The number of H-pyrrole nitrogens is 1. The van der Waals surface area contributed by atoms with Gasteiger partial charge in [0.2, 0.25) is 16.9 Å². The van der Waals surface area contributed by atoms with Gasteiger partial charge in [0, 0.05) is 36.6 Å². The van der Waals surface area contributed by atoms with Gasteiger partial charge < -0.3 is 10.3 Å². The number of fused-ring (bicyclic) bond motifs is 2. The number of aromatic amines is 1. The highest BCUT2D eigenvalue weighted by Gasteiger charge is 2.33. The highest BCUT2D eigenvalue weighted by atomic mass is 32.1. The first-order valence-electron chi connectivity index (χ1n) is 10.7. The van der Waals surface area contributed by atoms with Crippen LogP contribution in [0.3, 0.4) is 0 Å². The minimum Gasteiger partial charge on any atom is -0.361 e. The number of allylic oxidation sites excluding steroid dienone is 3. The minimum atomic E-state index is -0.320. The van der Waals surface area contributed by atoms with E-state index >= 15 is 0 Å². The lowest BCUT2D eigenvalue weighted by Crippen LogP contribution is -2.46. The summed E-state index contributed by atoms with van der Waals surface area (Å²) in [5, 5.41) is 4.55. The molecule has 0 saturated carbocycles. The van der Waals surface area contributed by atoms with Crippen LogP contribution in [0, 0.1) is 5.92 Å². The number of thiocarbonyl (C=S) groups is 1. The van der Waals surface area contributed by atoms with Crippen molar-refractivity contribution in [2.45, 2.75) is 32.1 Å². The van der Waals surface area contributed by atoms with E-state index in [1.165, 1.54) is 10.9 Å². The van der Waals surface area contributed by atoms with Gasteiger partial charge in [-0.2, -0.15) is 0 Å². The van der Waals surface area contributed by atoms with Gasteiger partial charge in [-0.05, 0) is 49.2 Å². The number of nitrogens with one attached hydrogen (secondary N) is 2. The number of rotatable bonds is 9. The summed E-state index contributed by atoms with van der Waals surface area (Å²) in [5.74, 6) is -0.261. The van der Waals surface area contributed by atoms with Crippen molar-refractivity contribution < 1.29 is 9.59 Å². The largest absolute Gasteiger partial charge is 0.361 e. The third-order valence-corrected chi connectivity index (χ3v) is 5.98. The summed E-state index contributed by atoms with van der Waals surface area (Å²) in [4.78, 5) is 34.0. The second-order valence-corrected chi connectivity index (χ2v) is 8.17. The normalized spacial score (nSPS) is 17.7. The number of unbranched alkanes of at least 4 members (excludes halogenated alkanes) is 2. The zero-order valence-electron chi connectivity index (χ0n) is 17.3. The Morgan fingerprint density at radius 1 is 1.19 bits per heavy atom. The summed E-state index contributed by atoms with van der Waals surface area (Å²) >= 11 is 5.30. The number of carbonyl (C=O) groups is 2. The van der Waals surface area contributed by atoms with E-state index < -0.39 is 0 Å². The molecule has 0 bridgehead atoms. The van der Waals surface area contributed by atoms with Crippen LogP contribution in [-0.2, 0) is 16.0 Å². The maximum absolute atomic E-state index is 12.6. The number of hydrogen-bond acceptors (Lipinski definition) is 3. The fourth-order valence-electron chi connectivity index (χ4n) is 3.98. The van der Waals surface area contributed by atoms with Crippen molar-refractivity contribution in [2.75, 3.05) is 13.1 Å². The summed E-state index contributed by atoms with van der Waals surface area (Å²) in [6, 6.07) is 8.18. The third kappa shape index (κ3) is 4.99. The number of benzene rings is 1. The fourth-order valence-corrected chi connectivity index (χ4v) is 4.27. The molecule has 7 heteroatoms. The van der Waals surface area contributed by atoms with Crippen LogP contribution < -0.4 is 5.32 Å². The predicted molar refractivity (Wildman–Crippen MR) is 127 cm³/mol. The van der Waals surface area contributed by atoms with Crippen LogP contribution in [0.15, 0.2) is 59.8 Å². The lowest BCUT2D eigenvalue weighted by atomic mass is 9.95. The van der Waals surface area contributed by atoms with Crippen molar-refractivity contribution in [1.29, 1.82) is 0 Å². The van der Waals surface area contributed by atoms with E-state index in [-0.39, 0.29) is 17.7 Å². The second-order valence-electron chi connectivity index (χ2n) is 7.80. The first-order chi connectivity index (χ1) is 15.1. The second kappa shape index (κ2) is 9.83. The molecule has 0 radical (unpaired) electrons. The van der Waals surface area contributed by atoms with Gasteiger partial charge in [-0.15, -0.1) is 0 Å². The van der Waals surface area contributed by atoms with Crippen molar-refractivity contribution in [3.8, 4) is 0 Å². The van der Waals surface area contributed by atoms with E-state index in [2.05, 4.69) is 27.4 Å². The molecule has 1 aliphatic carbocycles. The maximum atomic E-state index is 12.6. The van der Waals surface area contributed by atoms with E-state index in [9.17, 15) is 9.59 Å². The number of hydrogen-bond donors (Lipinski definition) is 2. The van der Waals surface area contributed by atoms with Gasteiger partial charge >= 0.3 is 0 Å². The summed E-state index contributed by atoms with van der Waals surface area (Å²) in [6.07, 6.45) is 13.2. The Bertz CT molecular complexity index is 1080. The van der Waals surface area contributed by atoms with Crippen LogP contribution in [0.2, 0.25) is 0 Å². The quantitative estimate of drug-likeness (QED) is 0.467. The molecule has 0 spiro atoms. The summed E-state index contributed by atoms with van der Waals surface area (Å²) in [7, 11) is 0. The maximum Gasteiger partial charge on any atom is 0.241 e. The van der Waals surface area contributed by atoms with E-state index in [4.69, 9.17) is 12.2 Å². The Kier molecular flexibility index (Phi) is 6.72. The first-order valence-corrected chi connectivity index (χ1v) is 11.1. The van der Waals surface area contributed by atoms with Gasteiger partial charge in [0.15, 0.2) is 0 Å². The van der Waals surface area contributed by atoms with Crippen molar-refractivity contribution >= 4 is 45.8 Å². The lowest BCUT2D eigenvalue weighted by molar-refractivity contribution is -0.128. The van der Waals surface area contributed by atoms with E-state index in [1.54, 1.807) is 4.90 Å². The standard InChI is InChI=1S/C24H26N4O2S/c29-22(25-14-13-17-16-26-20-10-5-3-8-18(17)20)12-2-1-7-15-28-23(30)19-9-4-6-11-21(19)27-24(28)31/h3-6,8-11,16,19,26H,1-2,7,12-15H2,(H,25,29). The smallest absolute Gasteiger partial charge is 0.241 e. The van der Waals surface area contributed by atoms with Crippen molar-refractivity contribution in [3.05, 3.63) is 60.3 Å². The van der Waals surface area contributed by atoms with Gasteiger partial charge in [-0.25, -0.2) is 4.99 Å². The van der Waals surface area contributed by atoms with Crippen LogP contribution in [0.25, 0.3) is 10.9 Å². The Morgan fingerprint density at radius 2 is 2.06 bits per heavy atom. The molecule has 4 rings (SSSR count). The number of carbonyl (C=O) groups excluding carboxylic acids is 2. The molecule has 1 aromatic carbocycles. The average molecular weight is 435 g/mol. The van der Waals surface area contributed by atoms with Crippen LogP contribution in [0.4, 0.5) is 0 Å². The molecule has 31 heavy (non-hydrogen) atoms. The molecule has 0 saturated heterocycles. The van der Waals surface area contributed by atoms with Crippen LogP contribution >= 0.6 is 12.2 Å². The summed E-state index contributed by atoms with van der Waals surface area (Å²) in [5.41, 5.74) is 3.05. The molecule has 2 aromatic rings. The fraction of sp³-hybridized carbons (Fsp3) is 0.333. The van der Waals surface area contributed by atoms with Crippen LogP contribution in [0.1, 0.15) is 31.2 Å². The van der Waals surface area contributed by atoms with Crippen molar-refractivity contribution in [1.82, 2.24) is 15.2 Å². The molecule has 2 N–H and O–H groups in total. The molecule has 1 atom stereocenters. The molecule has 0 fully saturated rings. The van der Waals surface area contributed by atoms with Gasteiger partial charge in [-0.3, -0.25) is 14.5 Å². The predicted octanol–water partition coefficient (Wildman–Crippen LogP) is 3.70.